The third kappa shape index (κ3) is 5.49. The first-order chi connectivity index (χ1) is 10.7. The second-order valence-corrected chi connectivity index (χ2v) is 6.22. The van der Waals surface area contributed by atoms with Gasteiger partial charge in [-0.2, -0.15) is 5.10 Å². The Kier molecular flexibility index (Phi) is 8.99. The molecule has 1 unspecified atom stereocenters. The maximum absolute atomic E-state index is 12.1. The minimum Gasteiger partial charge on any atom is -0.348 e. The van der Waals surface area contributed by atoms with Gasteiger partial charge in [0.15, 0.2) is 0 Å². The highest BCUT2D eigenvalue weighted by atomic mass is 35.5. The van der Waals surface area contributed by atoms with Gasteiger partial charge in [0.2, 0.25) is 11.8 Å². The summed E-state index contributed by atoms with van der Waals surface area (Å²) >= 11 is 0. The average molecular weight is 360 g/mol. The summed E-state index contributed by atoms with van der Waals surface area (Å²) < 4.78 is 1.81. The van der Waals surface area contributed by atoms with Gasteiger partial charge in [-0.1, -0.05) is 20.8 Å². The Morgan fingerprint density at radius 1 is 1.29 bits per heavy atom. The van der Waals surface area contributed by atoms with E-state index >= 15 is 0 Å². The van der Waals surface area contributed by atoms with Gasteiger partial charge in [0, 0.05) is 18.3 Å². The van der Waals surface area contributed by atoms with E-state index in [1.54, 1.807) is 0 Å². The standard InChI is InChI=1S/C16H29N5O2.ClH/c1-7-12(14-10(4)20-21(6)11(14)5)19-13(22)8-18-16(23)15(17)9(2)3;/h9,12,15H,7-8,17H2,1-6H3,(H,18,23)(H,19,22);1H/t12?,15-;/m0./s1. The van der Waals surface area contributed by atoms with E-state index in [4.69, 9.17) is 5.73 Å². The summed E-state index contributed by atoms with van der Waals surface area (Å²) in [6, 6.07) is -0.723. The van der Waals surface area contributed by atoms with Crippen molar-refractivity contribution in [2.75, 3.05) is 6.54 Å². The van der Waals surface area contributed by atoms with Gasteiger partial charge >= 0.3 is 0 Å². The van der Waals surface area contributed by atoms with Gasteiger partial charge in [0.05, 0.1) is 24.3 Å². The predicted octanol–water partition coefficient (Wildman–Crippen LogP) is 1.13. The Hall–Kier alpha value is -1.60. The fourth-order valence-electron chi connectivity index (χ4n) is 2.51. The maximum Gasteiger partial charge on any atom is 0.239 e. The van der Waals surface area contributed by atoms with Gasteiger partial charge in [-0.3, -0.25) is 14.3 Å². The van der Waals surface area contributed by atoms with Crippen LogP contribution >= 0.6 is 12.4 Å². The molecule has 1 aromatic heterocycles. The van der Waals surface area contributed by atoms with Crippen LogP contribution in [0.2, 0.25) is 0 Å². The van der Waals surface area contributed by atoms with Crippen LogP contribution in [0.1, 0.15) is 50.2 Å². The van der Waals surface area contributed by atoms with Gasteiger partial charge in [-0.15, -0.1) is 12.4 Å². The van der Waals surface area contributed by atoms with Crippen LogP contribution in [0.3, 0.4) is 0 Å². The molecule has 0 saturated heterocycles. The molecule has 138 valence electrons. The van der Waals surface area contributed by atoms with Gasteiger partial charge in [-0.05, 0) is 26.2 Å². The van der Waals surface area contributed by atoms with E-state index in [2.05, 4.69) is 15.7 Å². The third-order valence-corrected chi connectivity index (χ3v) is 4.10. The number of amides is 2. The SMILES string of the molecule is CCC(NC(=O)CNC(=O)[C@@H](N)C(C)C)c1c(C)nn(C)c1C.Cl. The summed E-state index contributed by atoms with van der Waals surface area (Å²) in [5, 5.41) is 9.92. The second kappa shape index (κ2) is 9.64. The normalized spacial score (nSPS) is 13.2. The van der Waals surface area contributed by atoms with Crippen molar-refractivity contribution in [3.05, 3.63) is 17.0 Å². The zero-order valence-corrected chi connectivity index (χ0v) is 16.2. The summed E-state index contributed by atoms with van der Waals surface area (Å²) in [5.41, 5.74) is 8.72. The molecule has 2 atom stereocenters. The van der Waals surface area contributed by atoms with Gasteiger partial charge in [-0.25, -0.2) is 0 Å². The molecule has 0 radical (unpaired) electrons. The number of carbonyl (C=O) groups is 2. The van der Waals surface area contributed by atoms with Crippen LogP contribution in [0.5, 0.6) is 0 Å². The van der Waals surface area contributed by atoms with Crippen LogP contribution in [-0.2, 0) is 16.6 Å². The molecule has 24 heavy (non-hydrogen) atoms. The molecule has 1 heterocycles. The van der Waals surface area contributed by atoms with Crippen LogP contribution in [-0.4, -0.2) is 34.2 Å². The van der Waals surface area contributed by atoms with Crippen LogP contribution in [0.25, 0.3) is 0 Å². The molecule has 0 bridgehead atoms. The molecular weight excluding hydrogens is 330 g/mol. The first-order valence-electron chi connectivity index (χ1n) is 8.01. The quantitative estimate of drug-likeness (QED) is 0.679. The molecule has 7 nitrogen and oxygen atoms in total. The highest BCUT2D eigenvalue weighted by Crippen LogP contribution is 2.23. The number of halogens is 1. The first kappa shape index (κ1) is 22.4. The summed E-state index contributed by atoms with van der Waals surface area (Å²) in [7, 11) is 1.88. The average Bonchev–Trinajstić information content (AvgIpc) is 2.74. The van der Waals surface area contributed by atoms with Crippen LogP contribution in [0.4, 0.5) is 0 Å². The van der Waals surface area contributed by atoms with Gasteiger partial charge in [0.25, 0.3) is 0 Å². The summed E-state index contributed by atoms with van der Waals surface area (Å²) in [5.74, 6) is -0.511. The molecule has 0 aliphatic rings. The molecule has 1 rings (SSSR count). The van der Waals surface area contributed by atoms with E-state index in [1.165, 1.54) is 0 Å². The van der Waals surface area contributed by atoms with E-state index in [-0.39, 0.29) is 42.7 Å². The topological polar surface area (TPSA) is 102 Å². The number of rotatable bonds is 7. The zero-order valence-electron chi connectivity index (χ0n) is 15.3. The van der Waals surface area contributed by atoms with Crippen molar-refractivity contribution >= 4 is 24.2 Å². The van der Waals surface area contributed by atoms with Crippen molar-refractivity contribution in [2.24, 2.45) is 18.7 Å². The molecule has 0 aromatic carbocycles. The number of nitrogens with one attached hydrogen (secondary N) is 2. The van der Waals surface area contributed by atoms with Crippen LogP contribution in [0, 0.1) is 19.8 Å². The molecule has 8 heteroatoms. The zero-order chi connectivity index (χ0) is 17.7. The van der Waals surface area contributed by atoms with Gasteiger partial charge in [0.1, 0.15) is 0 Å². The number of aryl methyl sites for hydroxylation is 2. The first-order valence-corrected chi connectivity index (χ1v) is 8.01. The molecule has 0 spiro atoms. The summed E-state index contributed by atoms with van der Waals surface area (Å²) in [6.07, 6.45) is 0.749. The van der Waals surface area contributed by atoms with E-state index in [0.29, 0.717) is 0 Å². The number of aromatic nitrogens is 2. The molecule has 1 aromatic rings. The minimum atomic E-state index is -0.604. The molecule has 0 aliphatic heterocycles. The molecule has 0 aliphatic carbocycles. The van der Waals surface area contributed by atoms with E-state index < -0.39 is 6.04 Å². The summed E-state index contributed by atoms with van der Waals surface area (Å²) in [6.45, 7) is 9.57. The molecule has 0 fully saturated rings. The van der Waals surface area contributed by atoms with E-state index in [0.717, 1.165) is 23.4 Å². The lowest BCUT2D eigenvalue weighted by Gasteiger charge is -2.19. The largest absolute Gasteiger partial charge is 0.348 e. The van der Waals surface area contributed by atoms with E-state index in [9.17, 15) is 9.59 Å². The third-order valence-electron chi connectivity index (χ3n) is 4.10. The number of carbonyl (C=O) groups excluding carboxylic acids is 2. The number of hydrogen-bond acceptors (Lipinski definition) is 4. The predicted molar refractivity (Wildman–Crippen MR) is 96.9 cm³/mol. The van der Waals surface area contributed by atoms with Crippen molar-refractivity contribution in [1.82, 2.24) is 20.4 Å². The van der Waals surface area contributed by atoms with Crippen molar-refractivity contribution < 1.29 is 9.59 Å². The lowest BCUT2D eigenvalue weighted by atomic mass is 10.0. The molecule has 0 saturated carbocycles. The monoisotopic (exact) mass is 359 g/mol. The fraction of sp³-hybridized carbons (Fsp3) is 0.688. The fourth-order valence-corrected chi connectivity index (χ4v) is 2.51. The van der Waals surface area contributed by atoms with Crippen molar-refractivity contribution in [2.45, 2.75) is 53.1 Å². The smallest absolute Gasteiger partial charge is 0.239 e. The van der Waals surface area contributed by atoms with Crippen molar-refractivity contribution in [3.8, 4) is 0 Å². The van der Waals surface area contributed by atoms with Crippen molar-refractivity contribution in [3.63, 3.8) is 0 Å². The Morgan fingerprint density at radius 2 is 1.88 bits per heavy atom. The highest BCUT2D eigenvalue weighted by molar-refractivity contribution is 5.87. The molecule has 2 amide bonds. The number of hydrogen-bond donors (Lipinski definition) is 3. The molecular formula is C16H30ClN5O2. The Morgan fingerprint density at radius 3 is 2.29 bits per heavy atom. The maximum atomic E-state index is 12.1. The van der Waals surface area contributed by atoms with Crippen molar-refractivity contribution in [1.29, 1.82) is 0 Å². The Labute approximate surface area is 150 Å². The Balaban J connectivity index is 0.00000529. The van der Waals surface area contributed by atoms with Crippen LogP contribution in [0.15, 0.2) is 0 Å². The highest BCUT2D eigenvalue weighted by Gasteiger charge is 2.22. The minimum absolute atomic E-state index is 0. The molecule has 4 N–H and O–H groups in total. The summed E-state index contributed by atoms with van der Waals surface area (Å²) in [4.78, 5) is 23.9. The Bertz CT molecular complexity index is 571. The second-order valence-electron chi connectivity index (χ2n) is 6.22. The van der Waals surface area contributed by atoms with Crippen LogP contribution < -0.4 is 16.4 Å². The number of nitrogens with zero attached hydrogens (tertiary/aromatic N) is 2. The van der Waals surface area contributed by atoms with E-state index in [1.807, 2.05) is 46.3 Å². The van der Waals surface area contributed by atoms with Gasteiger partial charge < -0.3 is 16.4 Å². The lowest BCUT2D eigenvalue weighted by molar-refractivity contribution is -0.127. The lowest BCUT2D eigenvalue weighted by Crippen LogP contribution is -2.47. The number of nitrogens with two attached hydrogens (primary N) is 1.